The van der Waals surface area contributed by atoms with E-state index in [1.165, 1.54) is 23.3 Å². The van der Waals surface area contributed by atoms with Crippen LogP contribution in [0.2, 0.25) is 0 Å². The van der Waals surface area contributed by atoms with E-state index >= 15 is 0 Å². The Labute approximate surface area is 148 Å². The number of aryl methyl sites for hydroxylation is 2. The van der Waals surface area contributed by atoms with Crippen molar-refractivity contribution in [1.29, 1.82) is 5.26 Å². The molecule has 0 N–H and O–H groups in total. The molecule has 0 saturated carbocycles. The summed E-state index contributed by atoms with van der Waals surface area (Å²) >= 11 is 0. The molecular weight excluding hydrogens is 316 g/mol. The molecule has 3 heteroatoms. The molecule has 1 nitrogen and oxygen atoms in total. The van der Waals surface area contributed by atoms with Gasteiger partial charge in [-0.3, -0.25) is 0 Å². The number of hydrogen-bond donors (Lipinski definition) is 0. The lowest BCUT2D eigenvalue weighted by atomic mass is 9.80. The van der Waals surface area contributed by atoms with Gasteiger partial charge in [-0.1, -0.05) is 19.4 Å². The first kappa shape index (κ1) is 17.6. The van der Waals surface area contributed by atoms with E-state index in [1.54, 1.807) is 0 Å². The molecule has 0 saturated heterocycles. The number of fused-ring (bicyclic) bond motifs is 1. The van der Waals surface area contributed by atoms with E-state index in [9.17, 15) is 8.78 Å². The molecular formula is C22H23F2N. The van der Waals surface area contributed by atoms with E-state index in [-0.39, 0.29) is 5.56 Å². The first-order chi connectivity index (χ1) is 12.1. The largest absolute Gasteiger partial charge is 0.207 e. The van der Waals surface area contributed by atoms with Gasteiger partial charge in [0, 0.05) is 5.56 Å². The third kappa shape index (κ3) is 4.07. The Morgan fingerprint density at radius 3 is 2.52 bits per heavy atom. The zero-order valence-electron chi connectivity index (χ0n) is 14.6. The minimum absolute atomic E-state index is 0.227. The van der Waals surface area contributed by atoms with Crippen LogP contribution < -0.4 is 0 Å². The standard InChI is InChI=1S/C22H23F2N/c1-2-3-16-12-21(23)20(22(24)13-16)9-6-15-4-7-19-11-17(14-25)5-8-18(19)10-15/h5,8,11-13,15H,2-4,6-7,9-10H2,1H3. The van der Waals surface area contributed by atoms with Crippen molar-refractivity contribution in [3.63, 3.8) is 0 Å². The SMILES string of the molecule is CCCc1cc(F)c(CCC2CCc3cc(C#N)ccc3C2)c(F)c1. The van der Waals surface area contributed by atoms with Crippen molar-refractivity contribution in [2.75, 3.05) is 0 Å². The lowest BCUT2D eigenvalue weighted by Crippen LogP contribution is -2.15. The molecule has 1 aliphatic rings. The van der Waals surface area contributed by atoms with E-state index in [2.05, 4.69) is 6.07 Å². The molecule has 0 amide bonds. The minimum Gasteiger partial charge on any atom is -0.207 e. The molecule has 0 aromatic heterocycles. The average molecular weight is 339 g/mol. The zero-order valence-corrected chi connectivity index (χ0v) is 14.6. The number of benzene rings is 2. The minimum atomic E-state index is -0.404. The van der Waals surface area contributed by atoms with E-state index < -0.39 is 11.6 Å². The van der Waals surface area contributed by atoms with Crippen LogP contribution in [-0.4, -0.2) is 0 Å². The van der Waals surface area contributed by atoms with Crippen LogP contribution >= 0.6 is 0 Å². The van der Waals surface area contributed by atoms with Crippen LogP contribution in [0.5, 0.6) is 0 Å². The van der Waals surface area contributed by atoms with Crippen molar-refractivity contribution >= 4 is 0 Å². The zero-order chi connectivity index (χ0) is 17.8. The molecule has 0 heterocycles. The van der Waals surface area contributed by atoms with Gasteiger partial charge in [0.1, 0.15) is 11.6 Å². The Bertz CT molecular complexity index is 781. The number of halogens is 2. The summed E-state index contributed by atoms with van der Waals surface area (Å²) in [5.74, 6) is -0.369. The van der Waals surface area contributed by atoms with Crippen molar-refractivity contribution in [2.24, 2.45) is 5.92 Å². The van der Waals surface area contributed by atoms with Gasteiger partial charge in [-0.25, -0.2) is 8.78 Å². The molecule has 1 unspecified atom stereocenters. The highest BCUT2D eigenvalue weighted by atomic mass is 19.1. The molecule has 130 valence electrons. The second-order valence-corrected chi connectivity index (χ2v) is 7.03. The summed E-state index contributed by atoms with van der Waals surface area (Å²) in [5.41, 5.74) is 4.19. The molecule has 0 fully saturated rings. The first-order valence-corrected chi connectivity index (χ1v) is 9.09. The third-order valence-corrected chi connectivity index (χ3v) is 5.21. The summed E-state index contributed by atoms with van der Waals surface area (Å²) in [7, 11) is 0. The van der Waals surface area contributed by atoms with Crippen molar-refractivity contribution in [3.8, 4) is 6.07 Å². The fourth-order valence-electron chi connectivity index (χ4n) is 3.82. The maximum Gasteiger partial charge on any atom is 0.129 e. The van der Waals surface area contributed by atoms with E-state index in [0.29, 0.717) is 24.3 Å². The van der Waals surface area contributed by atoms with Crippen molar-refractivity contribution in [2.45, 2.75) is 51.9 Å². The van der Waals surface area contributed by atoms with Crippen LogP contribution in [0, 0.1) is 28.9 Å². The predicted molar refractivity (Wildman–Crippen MR) is 95.3 cm³/mol. The van der Waals surface area contributed by atoms with Crippen molar-refractivity contribution in [3.05, 3.63) is 69.8 Å². The normalized spacial score (nSPS) is 16.3. The highest BCUT2D eigenvalue weighted by Gasteiger charge is 2.20. The summed E-state index contributed by atoms with van der Waals surface area (Å²) in [6, 6.07) is 11.0. The number of rotatable bonds is 5. The van der Waals surface area contributed by atoms with Crippen LogP contribution in [0.15, 0.2) is 30.3 Å². The van der Waals surface area contributed by atoms with Crippen LogP contribution in [0.4, 0.5) is 8.78 Å². The van der Waals surface area contributed by atoms with Gasteiger partial charge in [-0.15, -0.1) is 0 Å². The maximum atomic E-state index is 14.2. The van der Waals surface area contributed by atoms with Gasteiger partial charge in [0.2, 0.25) is 0 Å². The van der Waals surface area contributed by atoms with Gasteiger partial charge in [0.15, 0.2) is 0 Å². The van der Waals surface area contributed by atoms with E-state index in [1.807, 2.05) is 25.1 Å². The molecule has 0 radical (unpaired) electrons. The summed E-state index contributed by atoms with van der Waals surface area (Å²) in [6.07, 6.45) is 5.71. The van der Waals surface area contributed by atoms with Crippen molar-refractivity contribution in [1.82, 2.24) is 0 Å². The van der Waals surface area contributed by atoms with Gasteiger partial charge >= 0.3 is 0 Å². The molecule has 0 aliphatic heterocycles. The smallest absolute Gasteiger partial charge is 0.129 e. The summed E-state index contributed by atoms with van der Waals surface area (Å²) in [4.78, 5) is 0. The Morgan fingerprint density at radius 1 is 1.08 bits per heavy atom. The topological polar surface area (TPSA) is 23.8 Å². The summed E-state index contributed by atoms with van der Waals surface area (Å²) < 4.78 is 28.5. The number of nitriles is 1. The Balaban J connectivity index is 1.66. The fourth-order valence-corrected chi connectivity index (χ4v) is 3.82. The summed E-state index contributed by atoms with van der Waals surface area (Å²) in [6.45, 7) is 2.00. The van der Waals surface area contributed by atoms with Crippen LogP contribution in [-0.2, 0) is 25.7 Å². The number of hydrogen-bond acceptors (Lipinski definition) is 1. The van der Waals surface area contributed by atoms with Gasteiger partial charge in [0.05, 0.1) is 11.6 Å². The molecule has 3 rings (SSSR count). The average Bonchev–Trinajstić information content (AvgIpc) is 2.60. The van der Waals surface area contributed by atoms with E-state index in [0.717, 1.165) is 37.7 Å². The molecule has 0 bridgehead atoms. The van der Waals surface area contributed by atoms with Gasteiger partial charge in [-0.05, 0) is 85.4 Å². The van der Waals surface area contributed by atoms with Gasteiger partial charge in [-0.2, -0.15) is 5.26 Å². The monoisotopic (exact) mass is 339 g/mol. The van der Waals surface area contributed by atoms with Crippen LogP contribution in [0.25, 0.3) is 0 Å². The van der Waals surface area contributed by atoms with Gasteiger partial charge in [0.25, 0.3) is 0 Å². The maximum absolute atomic E-state index is 14.2. The highest BCUT2D eigenvalue weighted by Crippen LogP contribution is 2.30. The molecule has 2 aromatic rings. The van der Waals surface area contributed by atoms with Crippen LogP contribution in [0.1, 0.15) is 54.0 Å². The van der Waals surface area contributed by atoms with E-state index in [4.69, 9.17) is 5.26 Å². The van der Waals surface area contributed by atoms with Crippen LogP contribution in [0.3, 0.4) is 0 Å². The molecule has 1 aliphatic carbocycles. The second-order valence-electron chi connectivity index (χ2n) is 7.03. The predicted octanol–water partition coefficient (Wildman–Crippen LogP) is 5.53. The lowest BCUT2D eigenvalue weighted by Gasteiger charge is -2.25. The summed E-state index contributed by atoms with van der Waals surface area (Å²) in [5, 5.41) is 8.99. The molecule has 25 heavy (non-hydrogen) atoms. The van der Waals surface area contributed by atoms with Gasteiger partial charge < -0.3 is 0 Å². The quantitative estimate of drug-likeness (QED) is 0.703. The second kappa shape index (κ2) is 7.78. The Morgan fingerprint density at radius 2 is 1.84 bits per heavy atom. The lowest BCUT2D eigenvalue weighted by molar-refractivity contribution is 0.418. The first-order valence-electron chi connectivity index (χ1n) is 9.09. The van der Waals surface area contributed by atoms with Crippen molar-refractivity contribution < 1.29 is 8.78 Å². The Hall–Kier alpha value is -2.21. The number of nitrogens with zero attached hydrogens (tertiary/aromatic N) is 1. The highest BCUT2D eigenvalue weighted by molar-refractivity contribution is 5.39. The Kier molecular flexibility index (Phi) is 5.48. The fraction of sp³-hybridized carbons (Fsp3) is 0.409. The molecule has 0 spiro atoms. The third-order valence-electron chi connectivity index (χ3n) is 5.21. The molecule has 2 aromatic carbocycles. The molecule has 1 atom stereocenters.